The van der Waals surface area contributed by atoms with Crippen LogP contribution >= 0.6 is 24.0 Å². The summed E-state index contributed by atoms with van der Waals surface area (Å²) >= 11 is 0. The van der Waals surface area contributed by atoms with Gasteiger partial charge in [-0.05, 0) is 29.8 Å². The quantitative estimate of drug-likeness (QED) is 0.354. The molecule has 164 valence electrons. The molecule has 8 heteroatoms. The Morgan fingerprint density at radius 3 is 2.53 bits per heavy atom. The zero-order chi connectivity index (χ0) is 20.6. The lowest BCUT2D eigenvalue weighted by Crippen LogP contribution is -2.52. The smallest absolute Gasteiger partial charge is 0.194 e. The van der Waals surface area contributed by atoms with Crippen molar-refractivity contribution in [1.82, 2.24) is 10.2 Å². The summed E-state index contributed by atoms with van der Waals surface area (Å²) in [6.45, 7) is 4.40. The minimum atomic E-state index is -0.242. The van der Waals surface area contributed by atoms with Crippen LogP contribution in [0, 0.1) is 5.82 Å². The van der Waals surface area contributed by atoms with Crippen molar-refractivity contribution in [1.29, 1.82) is 0 Å². The molecule has 0 atom stereocenters. The lowest BCUT2D eigenvalue weighted by molar-refractivity contribution is 0.181. The van der Waals surface area contributed by atoms with Crippen LogP contribution < -0.4 is 15.0 Å². The normalized spacial score (nSPS) is 14.3. The van der Waals surface area contributed by atoms with E-state index < -0.39 is 0 Å². The number of ether oxygens (including phenoxy) is 2. The van der Waals surface area contributed by atoms with Gasteiger partial charge in [-0.15, -0.1) is 24.0 Å². The number of halogens is 2. The molecule has 0 aliphatic carbocycles. The molecule has 2 aromatic rings. The highest BCUT2D eigenvalue weighted by atomic mass is 127. The Morgan fingerprint density at radius 2 is 1.87 bits per heavy atom. The van der Waals surface area contributed by atoms with Crippen LogP contribution in [0.5, 0.6) is 5.75 Å². The third-order valence-electron chi connectivity index (χ3n) is 5.07. The van der Waals surface area contributed by atoms with Crippen molar-refractivity contribution < 1.29 is 13.9 Å². The number of nitrogens with one attached hydrogen (secondary N) is 1. The maximum Gasteiger partial charge on any atom is 0.194 e. The van der Waals surface area contributed by atoms with Gasteiger partial charge in [0.2, 0.25) is 0 Å². The first-order chi connectivity index (χ1) is 14.1. The first kappa shape index (κ1) is 24.2. The highest BCUT2D eigenvalue weighted by Crippen LogP contribution is 2.22. The average molecular weight is 528 g/mol. The Bertz CT molecular complexity index is 842. The summed E-state index contributed by atoms with van der Waals surface area (Å²) in [5.41, 5.74) is 2.73. The highest BCUT2D eigenvalue weighted by Gasteiger charge is 2.20. The lowest BCUT2D eigenvalue weighted by Gasteiger charge is -2.37. The standard InChI is InChI=1S/C22H29FN4O2.HI/c1-24-22(25-15-17-7-8-21(23)18(13-17)16-28-2)27-11-9-26(10-12-27)19-5-4-6-20(14-19)29-3;/h4-8,13-14H,9-12,15-16H2,1-3H3,(H,24,25);1H. The molecule has 0 radical (unpaired) electrons. The SMILES string of the molecule is CN=C(NCc1ccc(F)c(COC)c1)N1CCN(c2cccc(OC)c2)CC1.I. The number of aliphatic imine (C=N–C) groups is 1. The van der Waals surface area contributed by atoms with Crippen LogP contribution in [0.15, 0.2) is 47.5 Å². The number of hydrogen-bond acceptors (Lipinski definition) is 4. The predicted octanol–water partition coefficient (Wildman–Crippen LogP) is 3.50. The molecule has 1 aliphatic rings. The molecular weight excluding hydrogens is 498 g/mol. The van der Waals surface area contributed by atoms with E-state index in [1.807, 2.05) is 18.2 Å². The molecule has 2 aromatic carbocycles. The average Bonchev–Trinajstić information content (AvgIpc) is 2.77. The van der Waals surface area contributed by atoms with Crippen molar-refractivity contribution in [3.05, 3.63) is 59.4 Å². The Balaban J connectivity index is 0.00000320. The minimum absolute atomic E-state index is 0. The van der Waals surface area contributed by atoms with Gasteiger partial charge < -0.3 is 24.6 Å². The van der Waals surface area contributed by atoms with Gasteiger partial charge in [-0.1, -0.05) is 12.1 Å². The predicted molar refractivity (Wildman–Crippen MR) is 130 cm³/mol. The lowest BCUT2D eigenvalue weighted by atomic mass is 10.1. The second-order valence-corrected chi connectivity index (χ2v) is 6.94. The van der Waals surface area contributed by atoms with Crippen LogP contribution in [0.3, 0.4) is 0 Å². The van der Waals surface area contributed by atoms with E-state index in [9.17, 15) is 4.39 Å². The number of methoxy groups -OCH3 is 2. The third-order valence-corrected chi connectivity index (χ3v) is 5.07. The van der Waals surface area contributed by atoms with Crippen molar-refractivity contribution in [2.45, 2.75) is 13.2 Å². The van der Waals surface area contributed by atoms with Gasteiger partial charge >= 0.3 is 0 Å². The monoisotopic (exact) mass is 528 g/mol. The van der Waals surface area contributed by atoms with E-state index in [0.29, 0.717) is 12.1 Å². The molecule has 6 nitrogen and oxygen atoms in total. The van der Waals surface area contributed by atoms with Gasteiger partial charge in [0.1, 0.15) is 11.6 Å². The molecule has 1 heterocycles. The van der Waals surface area contributed by atoms with E-state index >= 15 is 0 Å². The Kier molecular flexibility index (Phi) is 9.64. The molecule has 0 unspecified atom stereocenters. The van der Waals surface area contributed by atoms with E-state index in [1.165, 1.54) is 11.8 Å². The van der Waals surface area contributed by atoms with Gasteiger partial charge in [-0.25, -0.2) is 4.39 Å². The number of benzene rings is 2. The summed E-state index contributed by atoms with van der Waals surface area (Å²) in [5.74, 6) is 1.48. The van der Waals surface area contributed by atoms with Crippen LogP contribution in [0.2, 0.25) is 0 Å². The van der Waals surface area contributed by atoms with Gasteiger partial charge in [0, 0.05) is 64.2 Å². The number of hydrogen-bond donors (Lipinski definition) is 1. The number of piperazine rings is 1. The summed E-state index contributed by atoms with van der Waals surface area (Å²) in [6, 6.07) is 13.3. The molecule has 30 heavy (non-hydrogen) atoms. The van der Waals surface area contributed by atoms with Crippen LogP contribution in [0.25, 0.3) is 0 Å². The van der Waals surface area contributed by atoms with Gasteiger partial charge in [-0.3, -0.25) is 4.99 Å². The summed E-state index contributed by atoms with van der Waals surface area (Å²) in [5, 5.41) is 3.39. The maximum absolute atomic E-state index is 13.8. The molecule has 0 amide bonds. The zero-order valence-electron chi connectivity index (χ0n) is 17.7. The van der Waals surface area contributed by atoms with E-state index in [2.05, 4.69) is 32.2 Å². The Morgan fingerprint density at radius 1 is 1.10 bits per heavy atom. The van der Waals surface area contributed by atoms with Gasteiger partial charge in [-0.2, -0.15) is 0 Å². The van der Waals surface area contributed by atoms with Crippen LogP contribution in [-0.4, -0.2) is 58.3 Å². The molecule has 0 spiro atoms. The van der Waals surface area contributed by atoms with Crippen molar-refractivity contribution in [2.75, 3.05) is 52.3 Å². The second kappa shape index (κ2) is 11.9. The largest absolute Gasteiger partial charge is 0.497 e. The fraction of sp³-hybridized carbons (Fsp3) is 0.409. The van der Waals surface area contributed by atoms with Crippen LogP contribution in [0.1, 0.15) is 11.1 Å². The van der Waals surface area contributed by atoms with E-state index in [4.69, 9.17) is 9.47 Å². The fourth-order valence-electron chi connectivity index (χ4n) is 3.50. The second-order valence-electron chi connectivity index (χ2n) is 6.94. The van der Waals surface area contributed by atoms with Crippen molar-refractivity contribution in [2.24, 2.45) is 4.99 Å². The topological polar surface area (TPSA) is 49.3 Å². The molecule has 0 saturated carbocycles. The molecular formula is C22H30FIN4O2. The fourth-order valence-corrected chi connectivity index (χ4v) is 3.50. The zero-order valence-corrected chi connectivity index (χ0v) is 20.1. The summed E-state index contributed by atoms with van der Waals surface area (Å²) in [6.07, 6.45) is 0. The molecule has 1 saturated heterocycles. The molecule has 1 fully saturated rings. The maximum atomic E-state index is 13.8. The number of nitrogens with zero attached hydrogens (tertiary/aromatic N) is 3. The molecule has 1 aliphatic heterocycles. The Hall–Kier alpha value is -2.07. The number of anilines is 1. The Labute approximate surface area is 195 Å². The van der Waals surface area contributed by atoms with E-state index in [1.54, 1.807) is 27.3 Å². The van der Waals surface area contributed by atoms with E-state index in [0.717, 1.165) is 43.5 Å². The van der Waals surface area contributed by atoms with E-state index in [-0.39, 0.29) is 36.4 Å². The molecule has 3 rings (SSSR count). The molecule has 0 bridgehead atoms. The third kappa shape index (κ3) is 6.21. The molecule has 1 N–H and O–H groups in total. The van der Waals surface area contributed by atoms with Crippen molar-refractivity contribution >= 4 is 35.6 Å². The number of rotatable bonds is 6. The van der Waals surface area contributed by atoms with Gasteiger partial charge in [0.15, 0.2) is 5.96 Å². The van der Waals surface area contributed by atoms with Gasteiger partial charge in [0.05, 0.1) is 13.7 Å². The van der Waals surface area contributed by atoms with Gasteiger partial charge in [0.25, 0.3) is 0 Å². The number of guanidine groups is 1. The summed E-state index contributed by atoms with van der Waals surface area (Å²) in [4.78, 5) is 9.02. The van der Waals surface area contributed by atoms with Crippen molar-refractivity contribution in [3.63, 3.8) is 0 Å². The highest BCUT2D eigenvalue weighted by molar-refractivity contribution is 14.0. The first-order valence-corrected chi connectivity index (χ1v) is 9.75. The molecule has 0 aromatic heterocycles. The van der Waals surface area contributed by atoms with Crippen molar-refractivity contribution in [3.8, 4) is 5.75 Å². The van der Waals surface area contributed by atoms with Crippen LogP contribution in [0.4, 0.5) is 10.1 Å². The summed E-state index contributed by atoms with van der Waals surface area (Å²) < 4.78 is 24.2. The van der Waals surface area contributed by atoms with Crippen LogP contribution in [-0.2, 0) is 17.9 Å². The first-order valence-electron chi connectivity index (χ1n) is 9.75. The summed E-state index contributed by atoms with van der Waals surface area (Å²) in [7, 11) is 5.04. The minimum Gasteiger partial charge on any atom is -0.497 e.